The molecule has 2 heteroatoms. The predicted molar refractivity (Wildman–Crippen MR) is 40.4 cm³/mol. The zero-order valence-corrected chi connectivity index (χ0v) is 6.72. The van der Waals surface area contributed by atoms with E-state index in [4.69, 9.17) is 4.74 Å². The normalized spacial score (nSPS) is 12.7. The van der Waals surface area contributed by atoms with E-state index >= 15 is 0 Å². The van der Waals surface area contributed by atoms with Crippen LogP contribution in [0.15, 0.2) is 0 Å². The van der Waals surface area contributed by atoms with Crippen LogP contribution in [0.4, 0.5) is 0 Å². The van der Waals surface area contributed by atoms with Crippen LogP contribution >= 0.6 is 0 Å². The number of rotatable bonds is 4. The Morgan fingerprint density at radius 3 is 2.70 bits per heavy atom. The molecule has 10 heavy (non-hydrogen) atoms. The van der Waals surface area contributed by atoms with E-state index in [1.54, 1.807) is 0 Å². The third kappa shape index (κ3) is 5.60. The first-order valence-electron chi connectivity index (χ1n) is 3.59. The maximum atomic E-state index is 10.3. The lowest BCUT2D eigenvalue weighted by molar-refractivity contribution is -0.141. The number of hydrogen-bond acceptors (Lipinski definition) is 2. The smallest absolute Gasteiger partial charge is 0.302 e. The Balaban J connectivity index is 3.11. The minimum atomic E-state index is -0.198. The van der Waals surface area contributed by atoms with Crippen molar-refractivity contribution < 1.29 is 9.53 Å². The van der Waals surface area contributed by atoms with Crippen LogP contribution in [0.3, 0.4) is 0 Å². The highest BCUT2D eigenvalue weighted by atomic mass is 16.5. The van der Waals surface area contributed by atoms with E-state index in [-0.39, 0.29) is 5.97 Å². The molecular weight excluding hydrogens is 128 g/mol. The molecule has 0 spiro atoms. The first-order chi connectivity index (χ1) is 4.66. The summed E-state index contributed by atoms with van der Waals surface area (Å²) in [5, 5.41) is 0. The van der Waals surface area contributed by atoms with E-state index in [2.05, 4.69) is 13.8 Å². The molecule has 0 bridgehead atoms. The van der Waals surface area contributed by atoms with Crippen LogP contribution in [-0.4, -0.2) is 12.6 Å². The van der Waals surface area contributed by atoms with Gasteiger partial charge in [-0.05, 0) is 12.3 Å². The van der Waals surface area contributed by atoms with Gasteiger partial charge in [-0.15, -0.1) is 0 Å². The van der Waals surface area contributed by atoms with Gasteiger partial charge >= 0.3 is 5.97 Å². The number of esters is 1. The standard InChI is InChI=1S/C8H15O2/c1-4-7(2)5-6-10-8(3)9/h7H,1,4-6H2,2-3H3. The lowest BCUT2D eigenvalue weighted by Crippen LogP contribution is -2.04. The van der Waals surface area contributed by atoms with Gasteiger partial charge in [0.1, 0.15) is 0 Å². The van der Waals surface area contributed by atoms with Gasteiger partial charge in [0.05, 0.1) is 6.61 Å². The molecule has 0 heterocycles. The highest BCUT2D eigenvalue weighted by Crippen LogP contribution is 2.05. The Labute approximate surface area is 62.6 Å². The summed E-state index contributed by atoms with van der Waals surface area (Å²) >= 11 is 0. The Hall–Kier alpha value is -0.530. The van der Waals surface area contributed by atoms with Crippen molar-refractivity contribution in [1.82, 2.24) is 0 Å². The first-order valence-corrected chi connectivity index (χ1v) is 3.59. The predicted octanol–water partition coefficient (Wildman–Crippen LogP) is 1.80. The molecule has 0 aromatic rings. The summed E-state index contributed by atoms with van der Waals surface area (Å²) in [4.78, 5) is 10.3. The Morgan fingerprint density at radius 2 is 2.30 bits per heavy atom. The van der Waals surface area contributed by atoms with Gasteiger partial charge in [0.25, 0.3) is 0 Å². The molecule has 0 aromatic heterocycles. The maximum absolute atomic E-state index is 10.3. The fraction of sp³-hybridized carbons (Fsp3) is 0.750. The second-order valence-electron chi connectivity index (χ2n) is 2.52. The van der Waals surface area contributed by atoms with Crippen LogP contribution in [0.5, 0.6) is 0 Å². The van der Waals surface area contributed by atoms with Crippen molar-refractivity contribution in [3.8, 4) is 0 Å². The van der Waals surface area contributed by atoms with Gasteiger partial charge in [0.2, 0.25) is 0 Å². The highest BCUT2D eigenvalue weighted by Gasteiger charge is 1.98. The molecule has 59 valence electrons. The summed E-state index contributed by atoms with van der Waals surface area (Å²) in [5.41, 5.74) is 0. The topological polar surface area (TPSA) is 26.3 Å². The van der Waals surface area contributed by atoms with Crippen molar-refractivity contribution in [2.24, 2.45) is 5.92 Å². The van der Waals surface area contributed by atoms with Crippen molar-refractivity contribution in [1.29, 1.82) is 0 Å². The summed E-state index contributed by atoms with van der Waals surface area (Å²) < 4.78 is 4.75. The Bertz CT molecular complexity index is 99.4. The first kappa shape index (κ1) is 9.47. The fourth-order valence-electron chi connectivity index (χ4n) is 0.548. The molecule has 0 fully saturated rings. The van der Waals surface area contributed by atoms with Crippen LogP contribution in [0, 0.1) is 12.8 Å². The number of carbonyl (C=O) groups excluding carboxylic acids is 1. The lowest BCUT2D eigenvalue weighted by Gasteiger charge is -2.06. The molecule has 0 saturated heterocycles. The van der Waals surface area contributed by atoms with E-state index in [9.17, 15) is 4.79 Å². The number of ether oxygens (including phenoxy) is 1. The number of hydrogen-bond donors (Lipinski definition) is 0. The molecule has 1 radical (unpaired) electrons. The van der Waals surface area contributed by atoms with Crippen LogP contribution in [0.1, 0.15) is 26.7 Å². The van der Waals surface area contributed by atoms with E-state index in [0.29, 0.717) is 12.5 Å². The summed E-state index contributed by atoms with van der Waals surface area (Å²) in [7, 11) is 0. The monoisotopic (exact) mass is 143 g/mol. The number of carbonyl (C=O) groups is 1. The van der Waals surface area contributed by atoms with Crippen molar-refractivity contribution in [2.45, 2.75) is 26.7 Å². The van der Waals surface area contributed by atoms with Crippen molar-refractivity contribution in [3.63, 3.8) is 0 Å². The second-order valence-corrected chi connectivity index (χ2v) is 2.52. The third-order valence-corrected chi connectivity index (χ3v) is 1.41. The average molecular weight is 143 g/mol. The van der Waals surface area contributed by atoms with E-state index in [1.807, 2.05) is 0 Å². The zero-order valence-electron chi connectivity index (χ0n) is 6.72. The molecule has 0 aliphatic carbocycles. The van der Waals surface area contributed by atoms with Gasteiger partial charge < -0.3 is 4.74 Å². The Kier molecular flexibility index (Phi) is 4.99. The SMILES string of the molecule is [CH2]CC(C)CCOC(C)=O. The fourth-order valence-corrected chi connectivity index (χ4v) is 0.548. The lowest BCUT2D eigenvalue weighted by atomic mass is 10.1. The molecule has 1 atom stereocenters. The largest absolute Gasteiger partial charge is 0.466 e. The van der Waals surface area contributed by atoms with Gasteiger partial charge in [-0.2, -0.15) is 0 Å². The van der Waals surface area contributed by atoms with Crippen LogP contribution in [0.25, 0.3) is 0 Å². The van der Waals surface area contributed by atoms with E-state index in [1.165, 1.54) is 6.92 Å². The molecule has 0 rings (SSSR count). The second kappa shape index (κ2) is 5.27. The molecular formula is C8H15O2. The highest BCUT2D eigenvalue weighted by molar-refractivity contribution is 5.65. The molecule has 1 unspecified atom stereocenters. The molecule has 0 amide bonds. The quantitative estimate of drug-likeness (QED) is 0.561. The minimum absolute atomic E-state index is 0.198. The van der Waals surface area contributed by atoms with Gasteiger partial charge in [-0.3, -0.25) is 4.79 Å². The van der Waals surface area contributed by atoms with Gasteiger partial charge in [-0.1, -0.05) is 20.3 Å². The van der Waals surface area contributed by atoms with Crippen LogP contribution in [0.2, 0.25) is 0 Å². The molecule has 2 nitrogen and oxygen atoms in total. The van der Waals surface area contributed by atoms with Crippen molar-refractivity contribution in [3.05, 3.63) is 6.92 Å². The van der Waals surface area contributed by atoms with Crippen LogP contribution in [-0.2, 0) is 9.53 Å². The van der Waals surface area contributed by atoms with Gasteiger partial charge in [0, 0.05) is 6.92 Å². The summed E-state index contributed by atoms with van der Waals surface area (Å²) in [6, 6.07) is 0. The summed E-state index contributed by atoms with van der Waals surface area (Å²) in [5.74, 6) is 0.357. The molecule has 0 aliphatic heterocycles. The third-order valence-electron chi connectivity index (χ3n) is 1.41. The van der Waals surface area contributed by atoms with E-state index in [0.717, 1.165) is 12.8 Å². The zero-order chi connectivity index (χ0) is 7.98. The van der Waals surface area contributed by atoms with Crippen molar-refractivity contribution in [2.75, 3.05) is 6.61 Å². The maximum Gasteiger partial charge on any atom is 0.302 e. The minimum Gasteiger partial charge on any atom is -0.466 e. The van der Waals surface area contributed by atoms with E-state index < -0.39 is 0 Å². The van der Waals surface area contributed by atoms with Crippen LogP contribution < -0.4 is 0 Å². The van der Waals surface area contributed by atoms with Gasteiger partial charge in [0.15, 0.2) is 0 Å². The molecule has 0 saturated carbocycles. The molecule has 0 aliphatic rings. The Morgan fingerprint density at radius 1 is 1.70 bits per heavy atom. The van der Waals surface area contributed by atoms with Crippen molar-refractivity contribution >= 4 is 5.97 Å². The average Bonchev–Trinajstić information content (AvgIpc) is 1.87. The molecule has 0 aromatic carbocycles. The summed E-state index contributed by atoms with van der Waals surface area (Å²) in [6.45, 7) is 7.80. The summed E-state index contributed by atoms with van der Waals surface area (Å²) in [6.07, 6.45) is 1.82. The van der Waals surface area contributed by atoms with Gasteiger partial charge in [-0.25, -0.2) is 0 Å². The molecule has 0 N–H and O–H groups in total.